The van der Waals surface area contributed by atoms with Crippen LogP contribution < -0.4 is 10.6 Å². The van der Waals surface area contributed by atoms with E-state index in [1.165, 1.54) is 25.5 Å². The van der Waals surface area contributed by atoms with E-state index in [2.05, 4.69) is 72.6 Å². The quantitative estimate of drug-likeness (QED) is 0.180. The van der Waals surface area contributed by atoms with Crippen LogP contribution in [-0.2, 0) is 28.7 Å². The van der Waals surface area contributed by atoms with Gasteiger partial charge in [0.05, 0.1) is 12.5 Å². The molecule has 0 heterocycles. The Morgan fingerprint density at radius 3 is 2.07 bits per heavy atom. The number of rotatable bonds is 9. The van der Waals surface area contributed by atoms with Crippen molar-refractivity contribution in [3.63, 3.8) is 0 Å². The van der Waals surface area contributed by atoms with Crippen LogP contribution in [0.4, 0.5) is 0 Å². The molecule has 0 aromatic rings. The summed E-state index contributed by atoms with van der Waals surface area (Å²) in [6.45, 7) is 29.0. The van der Waals surface area contributed by atoms with Gasteiger partial charge in [-0.1, -0.05) is 74.5 Å². The number of methoxy groups -OCH3 is 1. The second-order valence-corrected chi connectivity index (χ2v) is 21.6. The number of fused-ring (bicyclic) bond motifs is 7. The summed E-state index contributed by atoms with van der Waals surface area (Å²) >= 11 is 0. The van der Waals surface area contributed by atoms with Gasteiger partial charge in [-0.3, -0.25) is 14.4 Å². The number of esters is 2. The summed E-state index contributed by atoms with van der Waals surface area (Å²) in [5, 5.41) is 6.56. The summed E-state index contributed by atoms with van der Waals surface area (Å²) in [7, 11) is 1.36. The summed E-state index contributed by atoms with van der Waals surface area (Å²) in [6.07, 6.45) is 11.6. The van der Waals surface area contributed by atoms with Crippen molar-refractivity contribution in [2.45, 2.75) is 171 Å². The van der Waals surface area contributed by atoms with Gasteiger partial charge in [0.15, 0.2) is 0 Å². The van der Waals surface area contributed by atoms with Gasteiger partial charge in [0, 0.05) is 24.3 Å². The van der Waals surface area contributed by atoms with Gasteiger partial charge in [0.2, 0.25) is 11.8 Å². The van der Waals surface area contributed by atoms with Crippen molar-refractivity contribution in [3.05, 3.63) is 12.2 Å². The molecule has 2 amide bonds. The van der Waals surface area contributed by atoms with E-state index in [1.807, 2.05) is 13.8 Å². The molecule has 8 heteroatoms. The molecule has 0 radical (unpaired) electrons. The van der Waals surface area contributed by atoms with Gasteiger partial charge in [-0.2, -0.15) is 0 Å². The Kier molecular flexibility index (Phi) is 10.6. The van der Waals surface area contributed by atoms with Crippen LogP contribution in [0, 0.1) is 73.9 Å². The summed E-state index contributed by atoms with van der Waals surface area (Å²) in [4.78, 5) is 53.2. The molecule has 6 aliphatic carbocycles. The first-order valence-corrected chi connectivity index (χ1v) is 21.5. The Morgan fingerprint density at radius 1 is 0.796 bits per heavy atom. The fraction of sp³-hybridized carbons (Fsp3) is 0.870. The standard InChI is InChI=1S/C46H74N2O6/c1-26(2)24-32(39(51)53-13)47-38(50)31-25-35(41(31,6)7)48-40(52)46-21-16-29(27(3)4)37(46)30-14-15-34-43(10)19-18-36(54-28(5)49)42(8,9)33(43)17-20-45(34,12)44(30,11)22-23-46/h26,29-37H,3,14-25H2,1-2,4-13H3,(H,47,50)(H,48,52)/t29-,30+,31+,32-,33-,34+,35+,36-,37+,43?,44+,45+,46-/m0/s1. The lowest BCUT2D eigenvalue weighted by atomic mass is 9.32. The lowest BCUT2D eigenvalue weighted by molar-refractivity contribution is -0.249. The SMILES string of the molecule is C=C(C)[C@@H]1CC[C@]2(C(=O)N[C@@H]3C[C@H](C(=O)N[C@@H](CC(C)C)C(=O)OC)C3(C)C)CC[C@]3(C)[C@H](CC[C@@H]4C5(C)CC[C@H](OC(C)=O)C(C)(C)[C@@H]5CC[C@]43C)[C@@H]12. The van der Waals surface area contributed by atoms with Gasteiger partial charge >= 0.3 is 11.9 Å². The lowest BCUT2D eigenvalue weighted by Crippen LogP contribution is -2.68. The molecule has 13 atom stereocenters. The highest BCUT2D eigenvalue weighted by molar-refractivity contribution is 5.88. The number of hydrogen-bond acceptors (Lipinski definition) is 6. The highest BCUT2D eigenvalue weighted by Crippen LogP contribution is 2.77. The van der Waals surface area contributed by atoms with Crippen molar-refractivity contribution in [2.24, 2.45) is 73.9 Å². The number of carbonyl (C=O) groups is 4. The monoisotopic (exact) mass is 751 g/mol. The smallest absolute Gasteiger partial charge is 0.328 e. The zero-order chi connectivity index (χ0) is 40.0. The van der Waals surface area contributed by atoms with E-state index in [0.29, 0.717) is 36.5 Å². The highest BCUT2D eigenvalue weighted by Gasteiger charge is 2.72. The third-order valence-corrected chi connectivity index (χ3v) is 18.2. The summed E-state index contributed by atoms with van der Waals surface area (Å²) in [6, 6.07) is -0.777. The average molecular weight is 751 g/mol. The van der Waals surface area contributed by atoms with Gasteiger partial charge in [0.1, 0.15) is 12.1 Å². The first-order chi connectivity index (χ1) is 25.0. The minimum absolute atomic E-state index is 0.0278. The van der Waals surface area contributed by atoms with E-state index < -0.39 is 22.8 Å². The fourth-order valence-electron chi connectivity index (χ4n) is 14.9. The Hall–Kier alpha value is -2.38. The van der Waals surface area contributed by atoms with Crippen LogP contribution in [0.2, 0.25) is 0 Å². The molecule has 0 bridgehead atoms. The van der Waals surface area contributed by atoms with E-state index >= 15 is 0 Å². The number of nitrogens with one attached hydrogen (secondary N) is 2. The molecule has 6 rings (SSSR count). The highest BCUT2D eigenvalue weighted by atomic mass is 16.5. The van der Waals surface area contributed by atoms with Crippen LogP contribution in [0.3, 0.4) is 0 Å². The van der Waals surface area contributed by atoms with Gasteiger partial charge in [-0.25, -0.2) is 4.79 Å². The van der Waals surface area contributed by atoms with Gasteiger partial charge < -0.3 is 20.1 Å². The topological polar surface area (TPSA) is 111 Å². The fourth-order valence-corrected chi connectivity index (χ4v) is 14.9. The second-order valence-electron chi connectivity index (χ2n) is 21.6. The van der Waals surface area contributed by atoms with Crippen LogP contribution in [0.25, 0.3) is 0 Å². The first kappa shape index (κ1) is 41.3. The minimum Gasteiger partial charge on any atom is -0.467 e. The number of hydrogen-bond donors (Lipinski definition) is 2. The Bertz CT molecular complexity index is 1530. The van der Waals surface area contributed by atoms with Crippen molar-refractivity contribution in [3.8, 4) is 0 Å². The predicted octanol–water partition coefficient (Wildman–Crippen LogP) is 8.81. The van der Waals surface area contributed by atoms with Crippen LogP contribution in [0.1, 0.15) is 153 Å². The molecule has 0 saturated heterocycles. The molecule has 304 valence electrons. The molecular formula is C46H74N2O6. The molecule has 0 aliphatic heterocycles. The molecule has 54 heavy (non-hydrogen) atoms. The van der Waals surface area contributed by atoms with E-state index in [4.69, 9.17) is 9.47 Å². The number of allylic oxidation sites excluding steroid dienone is 1. The number of amides is 2. The Balaban J connectivity index is 1.22. The third-order valence-electron chi connectivity index (χ3n) is 18.2. The zero-order valence-corrected chi connectivity index (χ0v) is 35.9. The maximum atomic E-state index is 15.0. The van der Waals surface area contributed by atoms with E-state index in [9.17, 15) is 19.2 Å². The maximum absolute atomic E-state index is 15.0. The van der Waals surface area contributed by atoms with Crippen molar-refractivity contribution < 1.29 is 28.7 Å². The normalized spacial score (nSPS) is 43.5. The number of carbonyl (C=O) groups excluding carboxylic acids is 4. The minimum atomic E-state index is -0.669. The average Bonchev–Trinajstić information content (AvgIpc) is 3.48. The lowest BCUT2D eigenvalue weighted by Gasteiger charge is -2.73. The van der Waals surface area contributed by atoms with Crippen molar-refractivity contribution in [1.29, 1.82) is 0 Å². The van der Waals surface area contributed by atoms with Crippen LogP contribution in [-0.4, -0.2) is 49.1 Å². The van der Waals surface area contributed by atoms with Crippen molar-refractivity contribution in [2.75, 3.05) is 7.11 Å². The molecule has 1 unspecified atom stereocenters. The molecule has 0 aromatic heterocycles. The van der Waals surface area contributed by atoms with E-state index in [-0.39, 0.29) is 69.3 Å². The molecule has 8 nitrogen and oxygen atoms in total. The van der Waals surface area contributed by atoms with Crippen LogP contribution in [0.15, 0.2) is 12.2 Å². The third kappa shape index (κ3) is 6.10. The van der Waals surface area contributed by atoms with E-state index in [0.717, 1.165) is 51.4 Å². The molecular weight excluding hydrogens is 677 g/mol. The summed E-state index contributed by atoms with van der Waals surface area (Å²) < 4.78 is 11.0. The Morgan fingerprint density at radius 2 is 1.48 bits per heavy atom. The Labute approximate surface area is 326 Å². The van der Waals surface area contributed by atoms with Gasteiger partial charge in [0.25, 0.3) is 0 Å². The zero-order valence-electron chi connectivity index (χ0n) is 35.9. The molecule has 6 saturated carbocycles. The molecule has 2 N–H and O–H groups in total. The summed E-state index contributed by atoms with van der Waals surface area (Å²) in [5.41, 5.74) is 0.722. The molecule has 0 spiro atoms. The largest absolute Gasteiger partial charge is 0.467 e. The summed E-state index contributed by atoms with van der Waals surface area (Å²) in [5.74, 6) is 1.53. The van der Waals surface area contributed by atoms with Gasteiger partial charge in [-0.15, -0.1) is 0 Å². The van der Waals surface area contributed by atoms with Gasteiger partial charge in [-0.05, 0) is 141 Å². The molecule has 6 aliphatic rings. The van der Waals surface area contributed by atoms with Crippen LogP contribution in [0.5, 0.6) is 0 Å². The maximum Gasteiger partial charge on any atom is 0.328 e. The van der Waals surface area contributed by atoms with Crippen molar-refractivity contribution in [1.82, 2.24) is 10.6 Å². The first-order valence-electron chi connectivity index (χ1n) is 21.5. The second kappa shape index (κ2) is 13.9. The molecule has 6 fully saturated rings. The van der Waals surface area contributed by atoms with E-state index in [1.54, 1.807) is 6.92 Å². The number of ether oxygens (including phenoxy) is 2. The molecule has 0 aromatic carbocycles. The van der Waals surface area contributed by atoms with Crippen molar-refractivity contribution >= 4 is 23.8 Å². The van der Waals surface area contributed by atoms with Crippen LogP contribution >= 0.6 is 0 Å². The predicted molar refractivity (Wildman–Crippen MR) is 212 cm³/mol.